The van der Waals surface area contributed by atoms with Gasteiger partial charge in [0.2, 0.25) is 0 Å². The minimum absolute atomic E-state index is 0.0245. The molecule has 0 N–H and O–H groups in total. The van der Waals surface area contributed by atoms with E-state index < -0.39 is 0 Å². The van der Waals surface area contributed by atoms with Crippen LogP contribution in [0, 0.1) is 0 Å². The van der Waals surface area contributed by atoms with Gasteiger partial charge in [-0.1, -0.05) is 78.9 Å². The van der Waals surface area contributed by atoms with Gasteiger partial charge < -0.3 is 4.74 Å². The first-order valence-electron chi connectivity index (χ1n) is 8.85. The average molecular weight is 342 g/mol. The van der Waals surface area contributed by atoms with Crippen LogP contribution in [0.15, 0.2) is 91.0 Å². The SMILES string of the molecule is O=C(C=Cc1ccccc1)c1cccc(OCCCc2ccccc2)c1. The van der Waals surface area contributed by atoms with E-state index in [9.17, 15) is 4.79 Å². The Labute approximate surface area is 154 Å². The molecule has 0 saturated carbocycles. The van der Waals surface area contributed by atoms with E-state index in [1.165, 1.54) is 5.56 Å². The second-order valence-electron chi connectivity index (χ2n) is 6.07. The Kier molecular flexibility index (Phi) is 6.38. The smallest absolute Gasteiger partial charge is 0.185 e. The topological polar surface area (TPSA) is 26.3 Å². The van der Waals surface area contributed by atoms with Crippen LogP contribution in [0.5, 0.6) is 5.75 Å². The molecule has 130 valence electrons. The molecule has 0 radical (unpaired) electrons. The molecule has 0 heterocycles. The number of carbonyl (C=O) groups excluding carboxylic acids is 1. The maximum Gasteiger partial charge on any atom is 0.185 e. The Balaban J connectivity index is 1.52. The number of carbonyl (C=O) groups is 1. The number of rotatable bonds is 8. The summed E-state index contributed by atoms with van der Waals surface area (Å²) in [4.78, 5) is 12.3. The van der Waals surface area contributed by atoms with Crippen LogP contribution < -0.4 is 4.74 Å². The quantitative estimate of drug-likeness (QED) is 0.303. The van der Waals surface area contributed by atoms with Crippen LogP contribution in [0.25, 0.3) is 6.08 Å². The van der Waals surface area contributed by atoms with Gasteiger partial charge in [0.25, 0.3) is 0 Å². The molecule has 0 aliphatic carbocycles. The number of ketones is 1. The van der Waals surface area contributed by atoms with E-state index >= 15 is 0 Å². The molecule has 0 atom stereocenters. The summed E-state index contributed by atoms with van der Waals surface area (Å²) in [5, 5.41) is 0. The van der Waals surface area contributed by atoms with Gasteiger partial charge in [-0.2, -0.15) is 0 Å². The molecule has 0 spiro atoms. The number of aryl methyl sites for hydroxylation is 1. The lowest BCUT2D eigenvalue weighted by atomic mass is 10.1. The Hall–Kier alpha value is -3.13. The van der Waals surface area contributed by atoms with Crippen LogP contribution in [-0.4, -0.2) is 12.4 Å². The van der Waals surface area contributed by atoms with Gasteiger partial charge in [-0.05, 0) is 42.2 Å². The lowest BCUT2D eigenvalue weighted by Crippen LogP contribution is -2.01. The van der Waals surface area contributed by atoms with Gasteiger partial charge in [0.1, 0.15) is 5.75 Å². The summed E-state index contributed by atoms with van der Waals surface area (Å²) in [5.74, 6) is 0.709. The summed E-state index contributed by atoms with van der Waals surface area (Å²) in [7, 11) is 0. The second-order valence-corrected chi connectivity index (χ2v) is 6.07. The molecular formula is C24H22O2. The standard InChI is InChI=1S/C24H22O2/c25-24(17-16-21-11-5-2-6-12-21)22-14-7-15-23(19-22)26-18-8-13-20-9-3-1-4-10-20/h1-7,9-12,14-17,19H,8,13,18H2. The highest BCUT2D eigenvalue weighted by molar-refractivity contribution is 6.07. The van der Waals surface area contributed by atoms with Crippen molar-refractivity contribution < 1.29 is 9.53 Å². The first-order valence-corrected chi connectivity index (χ1v) is 8.85. The molecule has 0 aliphatic rings. The fourth-order valence-electron chi connectivity index (χ4n) is 2.68. The molecule has 2 nitrogen and oxygen atoms in total. The number of hydrogen-bond acceptors (Lipinski definition) is 2. The zero-order chi connectivity index (χ0) is 18.0. The van der Waals surface area contributed by atoms with Gasteiger partial charge in [-0.15, -0.1) is 0 Å². The zero-order valence-electron chi connectivity index (χ0n) is 14.7. The predicted octanol–water partition coefficient (Wildman–Crippen LogP) is 5.59. The van der Waals surface area contributed by atoms with Crippen molar-refractivity contribution in [3.05, 3.63) is 108 Å². The van der Waals surface area contributed by atoms with Crippen LogP contribution in [-0.2, 0) is 6.42 Å². The largest absolute Gasteiger partial charge is 0.494 e. The Morgan fingerprint density at radius 3 is 2.35 bits per heavy atom. The van der Waals surface area contributed by atoms with Gasteiger partial charge >= 0.3 is 0 Å². The van der Waals surface area contributed by atoms with Crippen molar-refractivity contribution in [3.63, 3.8) is 0 Å². The molecule has 3 rings (SSSR count). The van der Waals surface area contributed by atoms with Crippen molar-refractivity contribution in [2.75, 3.05) is 6.61 Å². The van der Waals surface area contributed by atoms with Crippen LogP contribution in [0.1, 0.15) is 27.9 Å². The van der Waals surface area contributed by atoms with Crippen LogP contribution in [0.3, 0.4) is 0 Å². The normalized spacial score (nSPS) is 10.8. The maximum absolute atomic E-state index is 12.3. The van der Waals surface area contributed by atoms with Crippen molar-refractivity contribution in [1.29, 1.82) is 0 Å². The Morgan fingerprint density at radius 1 is 0.846 bits per heavy atom. The molecule has 3 aromatic rings. The first kappa shape index (κ1) is 17.7. The summed E-state index contributed by atoms with van der Waals surface area (Å²) in [6.45, 7) is 0.631. The molecule has 0 amide bonds. The number of ether oxygens (including phenoxy) is 1. The Bertz CT molecular complexity index is 852. The van der Waals surface area contributed by atoms with E-state index in [1.54, 1.807) is 12.1 Å². The van der Waals surface area contributed by atoms with E-state index in [0.29, 0.717) is 12.2 Å². The first-order chi connectivity index (χ1) is 12.8. The molecule has 0 aromatic heterocycles. The molecule has 0 saturated heterocycles. The summed E-state index contributed by atoms with van der Waals surface area (Å²) in [6, 6.07) is 27.5. The van der Waals surface area contributed by atoms with Crippen molar-refractivity contribution in [2.24, 2.45) is 0 Å². The van der Waals surface area contributed by atoms with Crippen LogP contribution >= 0.6 is 0 Å². The number of benzene rings is 3. The molecule has 0 unspecified atom stereocenters. The highest BCUT2D eigenvalue weighted by atomic mass is 16.5. The molecule has 0 aliphatic heterocycles. The third kappa shape index (κ3) is 5.45. The van der Waals surface area contributed by atoms with E-state index in [-0.39, 0.29) is 5.78 Å². The average Bonchev–Trinajstić information content (AvgIpc) is 2.71. The highest BCUT2D eigenvalue weighted by Crippen LogP contribution is 2.15. The minimum Gasteiger partial charge on any atom is -0.494 e. The lowest BCUT2D eigenvalue weighted by molar-refractivity contribution is 0.104. The molecular weight excluding hydrogens is 320 g/mol. The van der Waals surface area contributed by atoms with Crippen LogP contribution in [0.4, 0.5) is 0 Å². The lowest BCUT2D eigenvalue weighted by Gasteiger charge is -2.07. The van der Waals surface area contributed by atoms with Gasteiger partial charge in [0.15, 0.2) is 5.78 Å². The van der Waals surface area contributed by atoms with Gasteiger partial charge in [0.05, 0.1) is 6.61 Å². The molecule has 26 heavy (non-hydrogen) atoms. The number of allylic oxidation sites excluding steroid dienone is 1. The van der Waals surface area contributed by atoms with Crippen molar-refractivity contribution in [2.45, 2.75) is 12.8 Å². The highest BCUT2D eigenvalue weighted by Gasteiger charge is 2.04. The third-order valence-electron chi connectivity index (χ3n) is 4.07. The van der Waals surface area contributed by atoms with E-state index in [2.05, 4.69) is 12.1 Å². The van der Waals surface area contributed by atoms with E-state index in [0.717, 1.165) is 24.2 Å². The summed E-state index contributed by atoms with van der Waals surface area (Å²) >= 11 is 0. The second kappa shape index (κ2) is 9.38. The van der Waals surface area contributed by atoms with Crippen LogP contribution in [0.2, 0.25) is 0 Å². The van der Waals surface area contributed by atoms with Crippen molar-refractivity contribution >= 4 is 11.9 Å². The van der Waals surface area contributed by atoms with Gasteiger partial charge in [-0.3, -0.25) is 4.79 Å². The fourth-order valence-corrected chi connectivity index (χ4v) is 2.68. The van der Waals surface area contributed by atoms with Gasteiger partial charge in [0, 0.05) is 5.56 Å². The van der Waals surface area contributed by atoms with E-state index in [4.69, 9.17) is 4.74 Å². The molecule has 0 bridgehead atoms. The zero-order valence-corrected chi connectivity index (χ0v) is 14.7. The third-order valence-corrected chi connectivity index (χ3v) is 4.07. The number of hydrogen-bond donors (Lipinski definition) is 0. The summed E-state index contributed by atoms with van der Waals surface area (Å²) < 4.78 is 5.81. The van der Waals surface area contributed by atoms with E-state index in [1.807, 2.05) is 72.8 Å². The summed E-state index contributed by atoms with van der Waals surface area (Å²) in [5.41, 5.74) is 2.96. The fraction of sp³-hybridized carbons (Fsp3) is 0.125. The molecule has 2 heteroatoms. The molecule has 0 fully saturated rings. The maximum atomic E-state index is 12.3. The van der Waals surface area contributed by atoms with Crippen molar-refractivity contribution in [3.8, 4) is 5.75 Å². The molecule has 3 aromatic carbocycles. The predicted molar refractivity (Wildman–Crippen MR) is 107 cm³/mol. The minimum atomic E-state index is -0.0245. The van der Waals surface area contributed by atoms with Crippen molar-refractivity contribution in [1.82, 2.24) is 0 Å². The van der Waals surface area contributed by atoms with Gasteiger partial charge in [-0.25, -0.2) is 0 Å². The Morgan fingerprint density at radius 2 is 1.58 bits per heavy atom. The summed E-state index contributed by atoms with van der Waals surface area (Å²) in [6.07, 6.45) is 5.36. The monoisotopic (exact) mass is 342 g/mol.